The first-order chi connectivity index (χ1) is 12.4. The van der Waals surface area contributed by atoms with Crippen LogP contribution < -0.4 is 0 Å². The van der Waals surface area contributed by atoms with Crippen molar-refractivity contribution in [2.45, 2.75) is 103 Å². The molecule has 0 amide bonds. The zero-order valence-corrected chi connectivity index (χ0v) is 17.4. The highest BCUT2D eigenvalue weighted by molar-refractivity contribution is 7.41. The molecule has 1 aliphatic heterocycles. The van der Waals surface area contributed by atoms with Gasteiger partial charge in [-0.1, -0.05) is 76.9 Å². The molecule has 0 N–H and O–H groups in total. The maximum absolute atomic E-state index is 5.61. The van der Waals surface area contributed by atoms with E-state index in [-0.39, 0.29) is 0 Å². The van der Waals surface area contributed by atoms with Gasteiger partial charge in [0.1, 0.15) is 0 Å². The van der Waals surface area contributed by atoms with Crippen molar-refractivity contribution in [3.8, 4) is 0 Å². The molecule has 1 rings (SSSR count). The average molecular weight is 373 g/mol. The largest absolute Gasteiger partial charge is 0.332 e. The monoisotopic (exact) mass is 372 g/mol. The maximum Gasteiger partial charge on any atom is 0.332 e. The molecule has 0 saturated carbocycles. The van der Waals surface area contributed by atoms with Gasteiger partial charge in [-0.15, -0.1) is 0 Å². The lowest BCUT2D eigenvalue weighted by molar-refractivity contribution is 0.114. The number of allylic oxidation sites excluding steroid dienone is 2. The summed E-state index contributed by atoms with van der Waals surface area (Å²) in [7, 11) is -1.02. The molecule has 0 atom stereocenters. The van der Waals surface area contributed by atoms with E-state index in [0.717, 1.165) is 32.7 Å². The molecule has 0 aromatic heterocycles. The molecule has 0 spiro atoms. The van der Waals surface area contributed by atoms with Crippen molar-refractivity contribution in [2.24, 2.45) is 0 Å². The van der Waals surface area contributed by atoms with Crippen molar-refractivity contribution < 1.29 is 13.6 Å². The van der Waals surface area contributed by atoms with Crippen molar-refractivity contribution >= 4 is 8.60 Å². The van der Waals surface area contributed by atoms with E-state index in [1.165, 1.54) is 83.5 Å². The molecule has 1 fully saturated rings. The van der Waals surface area contributed by atoms with E-state index in [2.05, 4.69) is 19.1 Å². The summed E-state index contributed by atoms with van der Waals surface area (Å²) in [4.78, 5) is 0. The zero-order valence-electron chi connectivity index (χ0n) is 16.6. The molecular weight excluding hydrogens is 331 g/mol. The van der Waals surface area contributed by atoms with Crippen LogP contribution in [0.1, 0.15) is 103 Å². The topological polar surface area (TPSA) is 27.7 Å². The van der Waals surface area contributed by atoms with Crippen LogP contribution in [-0.2, 0) is 13.6 Å². The lowest BCUT2D eigenvalue weighted by Gasteiger charge is -2.20. The molecule has 1 aliphatic rings. The summed E-state index contributed by atoms with van der Waals surface area (Å²) in [5, 5.41) is 0. The van der Waals surface area contributed by atoms with E-state index in [0.29, 0.717) is 0 Å². The second kappa shape index (κ2) is 18.8. The Morgan fingerprint density at radius 1 is 0.720 bits per heavy atom. The predicted molar refractivity (Wildman–Crippen MR) is 109 cm³/mol. The molecule has 0 bridgehead atoms. The van der Waals surface area contributed by atoms with Crippen LogP contribution in [0.3, 0.4) is 0 Å². The van der Waals surface area contributed by atoms with Crippen molar-refractivity contribution in [1.29, 1.82) is 0 Å². The molecule has 0 unspecified atom stereocenters. The smallest absolute Gasteiger partial charge is 0.312 e. The number of rotatable bonds is 17. The molecule has 25 heavy (non-hydrogen) atoms. The molecule has 1 saturated heterocycles. The third kappa shape index (κ3) is 16.0. The van der Waals surface area contributed by atoms with Crippen LogP contribution in [0.4, 0.5) is 0 Å². The molecule has 4 heteroatoms. The summed E-state index contributed by atoms with van der Waals surface area (Å²) in [6.07, 6.45) is 24.5. The minimum Gasteiger partial charge on any atom is -0.312 e. The van der Waals surface area contributed by atoms with Crippen molar-refractivity contribution in [3.05, 3.63) is 12.2 Å². The van der Waals surface area contributed by atoms with Gasteiger partial charge in [-0.2, -0.15) is 0 Å². The van der Waals surface area contributed by atoms with E-state index in [4.69, 9.17) is 13.6 Å². The standard InChI is InChI=1S/C21H41O3P/c1-2-3-4-5-6-7-8-9-10-11-12-13-14-15-16-17-19-22-25-23-20-18-21-24-25/h9-10H,2-8,11-21H2,1H3. The Morgan fingerprint density at radius 2 is 1.24 bits per heavy atom. The predicted octanol–water partition coefficient (Wildman–Crippen LogP) is 7.70. The normalized spacial score (nSPS) is 16.0. The Bertz CT molecular complexity index is 291. The van der Waals surface area contributed by atoms with E-state index >= 15 is 0 Å². The van der Waals surface area contributed by atoms with Gasteiger partial charge in [0.05, 0.1) is 19.8 Å². The van der Waals surface area contributed by atoms with E-state index in [9.17, 15) is 0 Å². The van der Waals surface area contributed by atoms with Gasteiger partial charge in [-0.05, 0) is 38.5 Å². The lowest BCUT2D eigenvalue weighted by Crippen LogP contribution is -2.07. The summed E-state index contributed by atoms with van der Waals surface area (Å²) < 4.78 is 16.5. The summed E-state index contributed by atoms with van der Waals surface area (Å²) in [5.41, 5.74) is 0. The number of unbranched alkanes of at least 4 members (excludes halogenated alkanes) is 12. The van der Waals surface area contributed by atoms with Gasteiger partial charge in [0.15, 0.2) is 0 Å². The molecule has 0 aromatic rings. The Balaban J connectivity index is 1.70. The first kappa shape index (κ1) is 23.1. The summed E-state index contributed by atoms with van der Waals surface area (Å²) in [5.74, 6) is 0. The third-order valence-electron chi connectivity index (χ3n) is 4.53. The number of hydrogen-bond donors (Lipinski definition) is 0. The highest BCUT2D eigenvalue weighted by Crippen LogP contribution is 2.42. The van der Waals surface area contributed by atoms with E-state index < -0.39 is 8.60 Å². The fraction of sp³-hybridized carbons (Fsp3) is 0.905. The summed E-state index contributed by atoms with van der Waals surface area (Å²) >= 11 is 0. The van der Waals surface area contributed by atoms with Gasteiger partial charge in [0.25, 0.3) is 0 Å². The molecule has 1 heterocycles. The van der Waals surface area contributed by atoms with Gasteiger partial charge in [0.2, 0.25) is 0 Å². The van der Waals surface area contributed by atoms with Crippen LogP contribution in [0, 0.1) is 0 Å². The zero-order chi connectivity index (χ0) is 17.8. The fourth-order valence-corrected chi connectivity index (χ4v) is 4.00. The summed E-state index contributed by atoms with van der Waals surface area (Å²) in [6, 6.07) is 0. The minimum absolute atomic E-state index is 0.785. The highest BCUT2D eigenvalue weighted by Gasteiger charge is 2.16. The fourth-order valence-electron chi connectivity index (χ4n) is 2.94. The molecular formula is C21H41O3P. The van der Waals surface area contributed by atoms with Crippen molar-refractivity contribution in [3.63, 3.8) is 0 Å². The molecule has 148 valence electrons. The quantitative estimate of drug-likeness (QED) is 0.149. The van der Waals surface area contributed by atoms with Gasteiger partial charge < -0.3 is 13.6 Å². The molecule has 0 radical (unpaired) electrons. The van der Waals surface area contributed by atoms with Crippen molar-refractivity contribution in [2.75, 3.05) is 19.8 Å². The van der Waals surface area contributed by atoms with Crippen LogP contribution in [0.25, 0.3) is 0 Å². The van der Waals surface area contributed by atoms with Crippen LogP contribution in [0.5, 0.6) is 0 Å². The minimum atomic E-state index is -1.02. The second-order valence-electron chi connectivity index (χ2n) is 7.01. The van der Waals surface area contributed by atoms with Crippen LogP contribution >= 0.6 is 8.60 Å². The Hall–Kier alpha value is 0.0500. The van der Waals surface area contributed by atoms with Crippen LogP contribution in [0.2, 0.25) is 0 Å². The Labute approximate surface area is 157 Å². The van der Waals surface area contributed by atoms with E-state index in [1.54, 1.807) is 0 Å². The van der Waals surface area contributed by atoms with Gasteiger partial charge in [-0.25, -0.2) is 0 Å². The van der Waals surface area contributed by atoms with Gasteiger partial charge in [0, 0.05) is 0 Å². The second-order valence-corrected chi connectivity index (χ2v) is 8.24. The summed E-state index contributed by atoms with van der Waals surface area (Å²) in [6.45, 7) is 4.64. The van der Waals surface area contributed by atoms with Gasteiger partial charge in [-0.3, -0.25) is 0 Å². The third-order valence-corrected chi connectivity index (χ3v) is 5.72. The molecule has 0 aliphatic carbocycles. The van der Waals surface area contributed by atoms with Crippen molar-refractivity contribution in [1.82, 2.24) is 0 Å². The Morgan fingerprint density at radius 3 is 1.84 bits per heavy atom. The maximum atomic E-state index is 5.61. The SMILES string of the molecule is CCCCCCCCC=CCCCCCCCCOP1OCCCO1. The van der Waals surface area contributed by atoms with Crippen LogP contribution in [0.15, 0.2) is 12.2 Å². The van der Waals surface area contributed by atoms with Crippen LogP contribution in [-0.4, -0.2) is 19.8 Å². The molecule has 0 aromatic carbocycles. The van der Waals surface area contributed by atoms with Gasteiger partial charge >= 0.3 is 8.60 Å². The highest BCUT2D eigenvalue weighted by atomic mass is 31.2. The number of hydrogen-bond acceptors (Lipinski definition) is 3. The lowest BCUT2D eigenvalue weighted by atomic mass is 10.1. The first-order valence-electron chi connectivity index (χ1n) is 10.8. The first-order valence-corrected chi connectivity index (χ1v) is 11.9. The Kier molecular flexibility index (Phi) is 17.4. The molecule has 3 nitrogen and oxygen atoms in total. The average Bonchev–Trinajstić information content (AvgIpc) is 2.65. The van der Waals surface area contributed by atoms with E-state index in [1.807, 2.05) is 0 Å².